The minimum atomic E-state index is -0.157. The summed E-state index contributed by atoms with van der Waals surface area (Å²) in [6.45, 7) is 0. The van der Waals surface area contributed by atoms with Gasteiger partial charge in [0.25, 0.3) is 0 Å². The first kappa shape index (κ1) is 10.5. The van der Waals surface area contributed by atoms with Crippen molar-refractivity contribution in [2.45, 2.75) is 25.3 Å². The molecule has 0 atom stereocenters. The van der Waals surface area contributed by atoms with Crippen LogP contribution in [0.25, 0.3) is 0 Å². The van der Waals surface area contributed by atoms with E-state index in [-0.39, 0.29) is 6.03 Å². The molecule has 1 aromatic carbocycles. The van der Waals surface area contributed by atoms with E-state index in [1.165, 1.54) is 0 Å². The van der Waals surface area contributed by atoms with Crippen molar-refractivity contribution in [2.75, 3.05) is 5.32 Å². The second kappa shape index (κ2) is 4.67. The van der Waals surface area contributed by atoms with Crippen LogP contribution in [0.5, 0.6) is 0 Å². The Labute approximate surface area is 94.3 Å². The quantitative estimate of drug-likeness (QED) is 0.810. The molecule has 4 heteroatoms. The molecule has 82 valence electrons. The normalized spacial score (nSPS) is 13.9. The van der Waals surface area contributed by atoms with Crippen LogP contribution < -0.4 is 10.6 Å². The summed E-state index contributed by atoms with van der Waals surface area (Å²) in [5, 5.41) is 14.1. The fraction of sp³-hybridized carbons (Fsp3) is 0.333. The van der Waals surface area contributed by atoms with E-state index in [1.54, 1.807) is 12.1 Å². The SMILES string of the molecule is N#CCc1ccc(NC(=O)NC2CC2)cc1. The number of hydrogen-bond acceptors (Lipinski definition) is 2. The Kier molecular flexibility index (Phi) is 3.06. The number of nitrogens with one attached hydrogen (secondary N) is 2. The number of hydrogen-bond donors (Lipinski definition) is 2. The van der Waals surface area contributed by atoms with Crippen molar-refractivity contribution in [1.82, 2.24) is 5.32 Å². The second-order valence-electron chi connectivity index (χ2n) is 3.90. The molecule has 2 rings (SSSR count). The van der Waals surface area contributed by atoms with Gasteiger partial charge < -0.3 is 10.6 Å². The van der Waals surface area contributed by atoms with Gasteiger partial charge in [-0.1, -0.05) is 12.1 Å². The third-order valence-electron chi connectivity index (χ3n) is 2.41. The highest BCUT2D eigenvalue weighted by Gasteiger charge is 2.22. The highest BCUT2D eigenvalue weighted by Crippen LogP contribution is 2.18. The summed E-state index contributed by atoms with van der Waals surface area (Å²) >= 11 is 0. The monoisotopic (exact) mass is 215 g/mol. The van der Waals surface area contributed by atoms with Crippen molar-refractivity contribution >= 4 is 11.7 Å². The molecule has 0 aromatic heterocycles. The number of benzene rings is 1. The number of nitriles is 1. The van der Waals surface area contributed by atoms with E-state index in [2.05, 4.69) is 16.7 Å². The molecule has 1 aliphatic rings. The van der Waals surface area contributed by atoms with Crippen LogP contribution in [0.1, 0.15) is 18.4 Å². The third kappa shape index (κ3) is 2.99. The lowest BCUT2D eigenvalue weighted by Gasteiger charge is -2.06. The molecule has 1 fully saturated rings. The lowest BCUT2D eigenvalue weighted by molar-refractivity contribution is 0.251. The van der Waals surface area contributed by atoms with Gasteiger partial charge >= 0.3 is 6.03 Å². The zero-order valence-electron chi connectivity index (χ0n) is 8.86. The van der Waals surface area contributed by atoms with Crippen molar-refractivity contribution in [2.24, 2.45) is 0 Å². The van der Waals surface area contributed by atoms with Crippen molar-refractivity contribution in [3.63, 3.8) is 0 Å². The second-order valence-corrected chi connectivity index (χ2v) is 3.90. The molecule has 4 nitrogen and oxygen atoms in total. The first-order valence-corrected chi connectivity index (χ1v) is 5.31. The Balaban J connectivity index is 1.88. The zero-order valence-corrected chi connectivity index (χ0v) is 8.86. The van der Waals surface area contributed by atoms with E-state index in [4.69, 9.17) is 5.26 Å². The Morgan fingerprint density at radius 1 is 1.38 bits per heavy atom. The maximum Gasteiger partial charge on any atom is 0.319 e. The number of rotatable bonds is 3. The van der Waals surface area contributed by atoms with Crippen LogP contribution in [0.2, 0.25) is 0 Å². The Morgan fingerprint density at radius 2 is 2.06 bits per heavy atom. The number of urea groups is 1. The van der Waals surface area contributed by atoms with E-state index >= 15 is 0 Å². The molecule has 0 saturated heterocycles. The fourth-order valence-electron chi connectivity index (χ4n) is 1.38. The Morgan fingerprint density at radius 3 is 2.62 bits per heavy atom. The molecule has 1 aliphatic carbocycles. The average molecular weight is 215 g/mol. The van der Waals surface area contributed by atoms with E-state index in [0.29, 0.717) is 12.5 Å². The predicted molar refractivity (Wildman–Crippen MR) is 60.9 cm³/mol. The molecule has 0 heterocycles. The minimum Gasteiger partial charge on any atom is -0.335 e. The van der Waals surface area contributed by atoms with Gasteiger partial charge in [-0.3, -0.25) is 0 Å². The maximum atomic E-state index is 11.4. The first-order chi connectivity index (χ1) is 7.78. The number of carbonyl (C=O) groups excluding carboxylic acids is 1. The summed E-state index contributed by atoms with van der Waals surface area (Å²) in [5.41, 5.74) is 1.70. The predicted octanol–water partition coefficient (Wildman–Crippen LogP) is 2.04. The standard InChI is InChI=1S/C12H13N3O/c13-8-7-9-1-3-10(4-2-9)14-12(16)15-11-5-6-11/h1-4,11H,5-7H2,(H2,14,15,16). The first-order valence-electron chi connectivity index (χ1n) is 5.31. The highest BCUT2D eigenvalue weighted by atomic mass is 16.2. The summed E-state index contributed by atoms with van der Waals surface area (Å²) < 4.78 is 0. The lowest BCUT2D eigenvalue weighted by atomic mass is 10.1. The van der Waals surface area contributed by atoms with Gasteiger partial charge in [0, 0.05) is 11.7 Å². The van der Waals surface area contributed by atoms with Crippen LogP contribution >= 0.6 is 0 Å². The number of carbonyl (C=O) groups is 1. The van der Waals surface area contributed by atoms with Gasteiger partial charge in [0.15, 0.2) is 0 Å². The molecule has 1 aromatic rings. The molecule has 0 aliphatic heterocycles. The Hall–Kier alpha value is -2.02. The largest absolute Gasteiger partial charge is 0.335 e. The van der Waals surface area contributed by atoms with E-state index in [9.17, 15) is 4.79 Å². The summed E-state index contributed by atoms with van der Waals surface area (Å²) in [6, 6.07) is 9.58. The molecular weight excluding hydrogens is 202 g/mol. The molecule has 1 saturated carbocycles. The van der Waals surface area contributed by atoms with Gasteiger partial charge in [-0.25, -0.2) is 4.79 Å². The van der Waals surface area contributed by atoms with Crippen LogP contribution in [0.3, 0.4) is 0 Å². The van der Waals surface area contributed by atoms with E-state index in [1.807, 2.05) is 12.1 Å². The van der Waals surface area contributed by atoms with Gasteiger partial charge in [-0.15, -0.1) is 0 Å². The molecule has 0 spiro atoms. The fourth-order valence-corrected chi connectivity index (χ4v) is 1.38. The summed E-state index contributed by atoms with van der Waals surface area (Å²) in [4.78, 5) is 11.4. The number of amides is 2. The molecule has 16 heavy (non-hydrogen) atoms. The highest BCUT2D eigenvalue weighted by molar-refractivity contribution is 5.89. The molecule has 0 radical (unpaired) electrons. The number of anilines is 1. The smallest absolute Gasteiger partial charge is 0.319 e. The molecule has 2 amide bonds. The van der Waals surface area contributed by atoms with Crippen molar-refractivity contribution < 1.29 is 4.79 Å². The van der Waals surface area contributed by atoms with Crippen LogP contribution in [-0.2, 0) is 6.42 Å². The van der Waals surface area contributed by atoms with Crippen LogP contribution in [0.4, 0.5) is 10.5 Å². The van der Waals surface area contributed by atoms with Gasteiger partial charge in [-0.05, 0) is 30.5 Å². The Bertz CT molecular complexity index is 415. The zero-order chi connectivity index (χ0) is 11.4. The van der Waals surface area contributed by atoms with Crippen LogP contribution in [0, 0.1) is 11.3 Å². The average Bonchev–Trinajstić information content (AvgIpc) is 3.05. The third-order valence-corrected chi connectivity index (χ3v) is 2.41. The van der Waals surface area contributed by atoms with Crippen LogP contribution in [-0.4, -0.2) is 12.1 Å². The topological polar surface area (TPSA) is 64.9 Å². The van der Waals surface area contributed by atoms with Gasteiger partial charge in [0.1, 0.15) is 0 Å². The summed E-state index contributed by atoms with van der Waals surface area (Å²) in [6.07, 6.45) is 2.55. The minimum absolute atomic E-state index is 0.157. The van der Waals surface area contributed by atoms with Crippen molar-refractivity contribution in [3.05, 3.63) is 29.8 Å². The van der Waals surface area contributed by atoms with Gasteiger partial charge in [0.2, 0.25) is 0 Å². The summed E-state index contributed by atoms with van der Waals surface area (Å²) in [5.74, 6) is 0. The lowest BCUT2D eigenvalue weighted by Crippen LogP contribution is -2.30. The van der Waals surface area contributed by atoms with Crippen molar-refractivity contribution in [1.29, 1.82) is 5.26 Å². The molecule has 2 N–H and O–H groups in total. The number of nitrogens with zero attached hydrogens (tertiary/aromatic N) is 1. The molecular formula is C12H13N3O. The van der Waals surface area contributed by atoms with E-state index in [0.717, 1.165) is 24.1 Å². The molecule has 0 bridgehead atoms. The maximum absolute atomic E-state index is 11.4. The van der Waals surface area contributed by atoms with Crippen LogP contribution in [0.15, 0.2) is 24.3 Å². The van der Waals surface area contributed by atoms with Gasteiger partial charge in [0.05, 0.1) is 12.5 Å². The summed E-state index contributed by atoms with van der Waals surface area (Å²) in [7, 11) is 0. The van der Waals surface area contributed by atoms with Gasteiger partial charge in [-0.2, -0.15) is 5.26 Å². The van der Waals surface area contributed by atoms with Crippen molar-refractivity contribution in [3.8, 4) is 6.07 Å². The van der Waals surface area contributed by atoms with E-state index < -0.39 is 0 Å². The molecule has 0 unspecified atom stereocenters.